The number of pyridine rings is 1. The molecule has 2 aromatic rings. The number of hydrogen-bond acceptors (Lipinski definition) is 4. The van der Waals surface area contributed by atoms with Crippen molar-refractivity contribution in [3.8, 4) is 5.82 Å². The highest BCUT2D eigenvalue weighted by Gasteiger charge is 2.08. The summed E-state index contributed by atoms with van der Waals surface area (Å²) in [5, 5.41) is 4.36. The Balaban J connectivity index is 2.49. The molecule has 18 heavy (non-hydrogen) atoms. The lowest BCUT2D eigenvalue weighted by atomic mass is 10.1. The molecule has 0 saturated heterocycles. The summed E-state index contributed by atoms with van der Waals surface area (Å²) in [6.45, 7) is 6.46. The van der Waals surface area contributed by atoms with Crippen molar-refractivity contribution in [2.75, 3.05) is 0 Å². The molecular weight excluding hydrogens is 226 g/mol. The molecule has 5 heteroatoms. The molecule has 0 aliphatic rings. The van der Waals surface area contributed by atoms with Crippen LogP contribution in [-0.2, 0) is 13.0 Å². The number of aryl methyl sites for hydroxylation is 3. The Kier molecular flexibility index (Phi) is 3.72. The highest BCUT2D eigenvalue weighted by Crippen LogP contribution is 2.12. The number of aromatic nitrogens is 4. The number of rotatable bonds is 4. The van der Waals surface area contributed by atoms with E-state index in [1.807, 2.05) is 19.9 Å². The summed E-state index contributed by atoms with van der Waals surface area (Å²) >= 11 is 0. The first-order valence-electron chi connectivity index (χ1n) is 6.24. The molecule has 2 heterocycles. The molecule has 0 atom stereocenters. The first-order chi connectivity index (χ1) is 8.63. The average Bonchev–Trinajstić information content (AvgIpc) is 2.68. The van der Waals surface area contributed by atoms with Crippen LogP contribution in [0.15, 0.2) is 12.1 Å². The van der Waals surface area contributed by atoms with Crippen LogP contribution in [-0.4, -0.2) is 19.7 Å². The first kappa shape index (κ1) is 12.7. The molecule has 0 bridgehead atoms. The Morgan fingerprint density at radius 2 is 2.00 bits per heavy atom. The number of nitrogens with zero attached hydrogens (tertiary/aromatic N) is 4. The van der Waals surface area contributed by atoms with Gasteiger partial charge >= 0.3 is 0 Å². The Hall–Kier alpha value is -1.75. The first-order valence-corrected chi connectivity index (χ1v) is 6.24. The van der Waals surface area contributed by atoms with Crippen molar-refractivity contribution in [2.45, 2.75) is 40.2 Å². The van der Waals surface area contributed by atoms with E-state index in [4.69, 9.17) is 5.73 Å². The fourth-order valence-corrected chi connectivity index (χ4v) is 1.98. The molecule has 0 radical (unpaired) electrons. The van der Waals surface area contributed by atoms with Gasteiger partial charge in [0.05, 0.1) is 0 Å². The van der Waals surface area contributed by atoms with Gasteiger partial charge in [0.15, 0.2) is 5.82 Å². The lowest BCUT2D eigenvalue weighted by molar-refractivity contribution is 0.779. The minimum atomic E-state index is 0.513. The van der Waals surface area contributed by atoms with E-state index >= 15 is 0 Å². The van der Waals surface area contributed by atoms with Gasteiger partial charge in [-0.25, -0.2) is 9.97 Å². The second-order valence-electron chi connectivity index (χ2n) is 4.40. The average molecular weight is 245 g/mol. The van der Waals surface area contributed by atoms with Gasteiger partial charge in [0.1, 0.15) is 11.6 Å². The van der Waals surface area contributed by atoms with Crippen molar-refractivity contribution < 1.29 is 0 Å². The highest BCUT2D eigenvalue weighted by atomic mass is 15.4. The van der Waals surface area contributed by atoms with E-state index in [0.717, 1.165) is 41.6 Å². The fraction of sp³-hybridized carbons (Fsp3) is 0.462. The van der Waals surface area contributed by atoms with Gasteiger partial charge in [-0.05, 0) is 38.0 Å². The van der Waals surface area contributed by atoms with Crippen LogP contribution in [0.1, 0.15) is 36.3 Å². The van der Waals surface area contributed by atoms with E-state index in [0.29, 0.717) is 6.54 Å². The van der Waals surface area contributed by atoms with Crippen molar-refractivity contribution >= 4 is 0 Å². The van der Waals surface area contributed by atoms with Gasteiger partial charge in [-0.1, -0.05) is 13.3 Å². The molecule has 0 saturated carbocycles. The zero-order valence-corrected chi connectivity index (χ0v) is 11.1. The molecule has 0 aliphatic heterocycles. The van der Waals surface area contributed by atoms with E-state index in [1.54, 1.807) is 4.68 Å². The molecule has 0 unspecified atom stereocenters. The molecule has 2 rings (SSSR count). The summed E-state index contributed by atoms with van der Waals surface area (Å²) in [7, 11) is 0. The molecule has 0 fully saturated rings. The fourth-order valence-electron chi connectivity index (χ4n) is 1.98. The molecule has 5 nitrogen and oxygen atoms in total. The minimum absolute atomic E-state index is 0.513. The number of hydrogen-bond donors (Lipinski definition) is 1. The predicted octanol–water partition coefficient (Wildman–Crippen LogP) is 1.69. The summed E-state index contributed by atoms with van der Waals surface area (Å²) < 4.78 is 1.77. The Bertz CT molecular complexity index is 544. The van der Waals surface area contributed by atoms with E-state index < -0.39 is 0 Å². The van der Waals surface area contributed by atoms with Crippen molar-refractivity contribution in [1.82, 2.24) is 19.7 Å². The van der Waals surface area contributed by atoms with E-state index in [9.17, 15) is 0 Å². The minimum Gasteiger partial charge on any atom is -0.326 e. The van der Waals surface area contributed by atoms with E-state index in [1.165, 1.54) is 0 Å². The summed E-state index contributed by atoms with van der Waals surface area (Å²) in [4.78, 5) is 8.92. The van der Waals surface area contributed by atoms with Gasteiger partial charge < -0.3 is 5.73 Å². The SMILES string of the molecule is CCCc1cc(CN)cc(-n2nc(C)nc2C)n1. The maximum atomic E-state index is 5.73. The second kappa shape index (κ2) is 5.27. The monoisotopic (exact) mass is 245 g/mol. The van der Waals surface area contributed by atoms with Crippen LogP contribution < -0.4 is 5.73 Å². The van der Waals surface area contributed by atoms with Crippen LogP contribution in [0.4, 0.5) is 0 Å². The van der Waals surface area contributed by atoms with Crippen LogP contribution in [0.2, 0.25) is 0 Å². The predicted molar refractivity (Wildman–Crippen MR) is 70.5 cm³/mol. The van der Waals surface area contributed by atoms with Gasteiger partial charge in [-0.3, -0.25) is 0 Å². The molecular formula is C13H19N5. The van der Waals surface area contributed by atoms with Gasteiger partial charge in [-0.15, -0.1) is 5.10 Å². The Morgan fingerprint density at radius 3 is 2.56 bits per heavy atom. The van der Waals surface area contributed by atoms with Gasteiger partial charge in [-0.2, -0.15) is 4.68 Å². The molecule has 2 aromatic heterocycles. The van der Waals surface area contributed by atoms with E-state index in [2.05, 4.69) is 28.1 Å². The van der Waals surface area contributed by atoms with Gasteiger partial charge in [0.2, 0.25) is 0 Å². The summed E-state index contributed by atoms with van der Waals surface area (Å²) in [5.41, 5.74) is 7.87. The molecule has 0 aliphatic carbocycles. The third-order valence-electron chi connectivity index (χ3n) is 2.76. The third kappa shape index (κ3) is 2.56. The highest BCUT2D eigenvalue weighted by molar-refractivity contribution is 5.31. The maximum Gasteiger partial charge on any atom is 0.156 e. The van der Waals surface area contributed by atoms with Crippen LogP contribution in [0.25, 0.3) is 5.82 Å². The Labute approximate surface area is 107 Å². The maximum absolute atomic E-state index is 5.73. The van der Waals surface area contributed by atoms with Crippen molar-refractivity contribution in [1.29, 1.82) is 0 Å². The molecule has 0 aromatic carbocycles. The number of nitrogens with two attached hydrogens (primary N) is 1. The standard InChI is InChI=1S/C13H19N5/c1-4-5-12-6-11(8-14)7-13(16-12)18-10(3)15-9(2)17-18/h6-7H,4-5,8,14H2,1-3H3. The Morgan fingerprint density at radius 1 is 1.22 bits per heavy atom. The lowest BCUT2D eigenvalue weighted by Gasteiger charge is -2.08. The summed E-state index contributed by atoms with van der Waals surface area (Å²) in [6, 6.07) is 4.03. The summed E-state index contributed by atoms with van der Waals surface area (Å²) in [6.07, 6.45) is 2.02. The van der Waals surface area contributed by atoms with Crippen LogP contribution >= 0.6 is 0 Å². The van der Waals surface area contributed by atoms with Crippen LogP contribution in [0, 0.1) is 13.8 Å². The topological polar surface area (TPSA) is 69.6 Å². The van der Waals surface area contributed by atoms with E-state index in [-0.39, 0.29) is 0 Å². The normalized spacial score (nSPS) is 10.9. The summed E-state index contributed by atoms with van der Waals surface area (Å²) in [5.74, 6) is 2.40. The van der Waals surface area contributed by atoms with Gasteiger partial charge in [0.25, 0.3) is 0 Å². The van der Waals surface area contributed by atoms with Crippen LogP contribution in [0.3, 0.4) is 0 Å². The largest absolute Gasteiger partial charge is 0.326 e. The second-order valence-corrected chi connectivity index (χ2v) is 4.40. The van der Waals surface area contributed by atoms with Crippen LogP contribution in [0.5, 0.6) is 0 Å². The quantitative estimate of drug-likeness (QED) is 0.890. The zero-order valence-electron chi connectivity index (χ0n) is 11.1. The molecule has 0 spiro atoms. The molecule has 2 N–H and O–H groups in total. The molecule has 0 amide bonds. The lowest BCUT2D eigenvalue weighted by Crippen LogP contribution is -2.07. The van der Waals surface area contributed by atoms with Gasteiger partial charge in [0, 0.05) is 12.2 Å². The van der Waals surface area contributed by atoms with Crippen molar-refractivity contribution in [3.05, 3.63) is 35.0 Å². The van der Waals surface area contributed by atoms with Crippen molar-refractivity contribution in [3.63, 3.8) is 0 Å². The molecule has 96 valence electrons. The smallest absolute Gasteiger partial charge is 0.156 e. The third-order valence-corrected chi connectivity index (χ3v) is 2.76. The zero-order chi connectivity index (χ0) is 13.1. The van der Waals surface area contributed by atoms with Crippen molar-refractivity contribution in [2.24, 2.45) is 5.73 Å².